The van der Waals surface area contributed by atoms with Gasteiger partial charge in [0.05, 0.1) is 0 Å². The van der Waals surface area contributed by atoms with E-state index in [1.165, 1.54) is 5.57 Å². The SMILES string of the molecule is CC.CC1=CC(C)NC1.[Y]. The van der Waals surface area contributed by atoms with Crippen LogP contribution in [0.1, 0.15) is 27.7 Å². The maximum absolute atomic E-state index is 3.28. The topological polar surface area (TPSA) is 12.0 Å². The molecule has 0 saturated heterocycles. The van der Waals surface area contributed by atoms with Crippen LogP contribution in [0.2, 0.25) is 0 Å². The molecule has 0 aliphatic carbocycles. The number of hydrogen-bond acceptors (Lipinski definition) is 1. The van der Waals surface area contributed by atoms with E-state index in [0.717, 1.165) is 6.54 Å². The molecule has 1 N–H and O–H groups in total. The Hall–Kier alpha value is 0.804. The molecule has 1 nitrogen and oxygen atoms in total. The third-order valence-corrected chi connectivity index (χ3v) is 1.24. The molecular formula is C8H17NY. The zero-order valence-corrected chi connectivity index (χ0v) is 10.3. The van der Waals surface area contributed by atoms with Gasteiger partial charge in [0.2, 0.25) is 0 Å². The summed E-state index contributed by atoms with van der Waals surface area (Å²) < 4.78 is 0. The molecule has 0 fully saturated rings. The van der Waals surface area contributed by atoms with Gasteiger partial charge in [-0.25, -0.2) is 0 Å². The molecule has 0 aromatic rings. The molecule has 0 bridgehead atoms. The first-order valence-electron chi connectivity index (χ1n) is 3.70. The predicted octanol–water partition coefficient (Wildman–Crippen LogP) is 1.95. The molecule has 1 atom stereocenters. The van der Waals surface area contributed by atoms with E-state index in [0.29, 0.717) is 6.04 Å². The number of rotatable bonds is 0. The minimum absolute atomic E-state index is 0. The van der Waals surface area contributed by atoms with Crippen molar-refractivity contribution in [3.8, 4) is 0 Å². The van der Waals surface area contributed by atoms with Gasteiger partial charge in [-0.2, -0.15) is 0 Å². The second kappa shape index (κ2) is 7.91. The van der Waals surface area contributed by atoms with Gasteiger partial charge >= 0.3 is 0 Å². The standard InChI is InChI=1S/C6H11N.C2H6.Y/c1-5-3-6(2)7-4-5;1-2;/h3,6-7H,4H2,1-2H3;1-2H3;. The summed E-state index contributed by atoms with van der Waals surface area (Å²) in [5.74, 6) is 0. The first-order valence-corrected chi connectivity index (χ1v) is 3.70. The van der Waals surface area contributed by atoms with Gasteiger partial charge in [0.15, 0.2) is 0 Å². The van der Waals surface area contributed by atoms with Crippen molar-refractivity contribution in [2.75, 3.05) is 6.54 Å². The summed E-state index contributed by atoms with van der Waals surface area (Å²) in [5.41, 5.74) is 1.47. The van der Waals surface area contributed by atoms with Gasteiger partial charge in [-0.15, -0.1) is 0 Å². The monoisotopic (exact) mass is 216 g/mol. The summed E-state index contributed by atoms with van der Waals surface area (Å²) in [6, 6.07) is 0.611. The van der Waals surface area contributed by atoms with E-state index in [4.69, 9.17) is 0 Å². The average Bonchev–Trinajstić information content (AvgIpc) is 2.20. The smallest absolute Gasteiger partial charge is 0.0227 e. The molecule has 2 heteroatoms. The molecule has 1 aliphatic rings. The molecule has 57 valence electrons. The van der Waals surface area contributed by atoms with Crippen LogP contribution in [0.25, 0.3) is 0 Å². The number of nitrogens with one attached hydrogen (secondary N) is 1. The minimum Gasteiger partial charge on any atom is -0.307 e. The summed E-state index contributed by atoms with van der Waals surface area (Å²) >= 11 is 0. The number of hydrogen-bond donors (Lipinski definition) is 1. The first-order chi connectivity index (χ1) is 4.29. The van der Waals surface area contributed by atoms with Crippen molar-refractivity contribution in [3.05, 3.63) is 11.6 Å². The molecule has 0 amide bonds. The van der Waals surface area contributed by atoms with Crippen LogP contribution < -0.4 is 5.32 Å². The van der Waals surface area contributed by atoms with Crippen molar-refractivity contribution in [2.24, 2.45) is 0 Å². The van der Waals surface area contributed by atoms with Crippen molar-refractivity contribution in [1.82, 2.24) is 5.32 Å². The van der Waals surface area contributed by atoms with Crippen molar-refractivity contribution in [1.29, 1.82) is 0 Å². The molecule has 0 aromatic carbocycles. The zero-order valence-electron chi connectivity index (χ0n) is 7.44. The minimum atomic E-state index is 0. The molecule has 0 spiro atoms. The van der Waals surface area contributed by atoms with E-state index in [1.54, 1.807) is 0 Å². The summed E-state index contributed by atoms with van der Waals surface area (Å²) in [4.78, 5) is 0. The molecule has 1 rings (SSSR count). The van der Waals surface area contributed by atoms with Crippen molar-refractivity contribution in [2.45, 2.75) is 33.7 Å². The van der Waals surface area contributed by atoms with E-state index < -0.39 is 0 Å². The molecule has 1 unspecified atom stereocenters. The molecule has 1 radical (unpaired) electrons. The van der Waals surface area contributed by atoms with E-state index >= 15 is 0 Å². The Balaban J connectivity index is 0. The summed E-state index contributed by atoms with van der Waals surface area (Å²) in [6.45, 7) is 9.40. The fourth-order valence-corrected chi connectivity index (χ4v) is 0.867. The normalized spacial score (nSPS) is 22.0. The van der Waals surface area contributed by atoms with Crippen LogP contribution in [-0.2, 0) is 32.7 Å². The van der Waals surface area contributed by atoms with E-state index in [1.807, 2.05) is 13.8 Å². The van der Waals surface area contributed by atoms with Crippen molar-refractivity contribution in [3.63, 3.8) is 0 Å². The van der Waals surface area contributed by atoms with Crippen LogP contribution in [0.5, 0.6) is 0 Å². The quantitative estimate of drug-likeness (QED) is 0.610. The molecule has 1 heterocycles. The maximum atomic E-state index is 3.28. The van der Waals surface area contributed by atoms with Gasteiger partial charge in [0.1, 0.15) is 0 Å². The van der Waals surface area contributed by atoms with Gasteiger partial charge in [-0.1, -0.05) is 25.5 Å². The van der Waals surface area contributed by atoms with Crippen molar-refractivity contribution < 1.29 is 32.7 Å². The van der Waals surface area contributed by atoms with E-state index in [-0.39, 0.29) is 32.7 Å². The Morgan fingerprint density at radius 3 is 2.10 bits per heavy atom. The maximum Gasteiger partial charge on any atom is 0.0227 e. The Morgan fingerprint density at radius 2 is 2.00 bits per heavy atom. The Kier molecular flexibility index (Phi) is 10.6. The van der Waals surface area contributed by atoms with Crippen LogP contribution >= 0.6 is 0 Å². The van der Waals surface area contributed by atoms with Gasteiger partial charge < -0.3 is 5.32 Å². The Labute approximate surface area is 89.5 Å². The van der Waals surface area contributed by atoms with Gasteiger partial charge in [-0.05, 0) is 13.8 Å². The second-order valence-electron chi connectivity index (χ2n) is 2.18. The van der Waals surface area contributed by atoms with Gasteiger partial charge in [0.25, 0.3) is 0 Å². The fourth-order valence-electron chi connectivity index (χ4n) is 0.867. The first kappa shape index (κ1) is 13.4. The fraction of sp³-hybridized carbons (Fsp3) is 0.750. The largest absolute Gasteiger partial charge is 0.307 e. The molecule has 10 heavy (non-hydrogen) atoms. The summed E-state index contributed by atoms with van der Waals surface area (Å²) in [5, 5.41) is 3.28. The molecule has 1 aliphatic heterocycles. The van der Waals surface area contributed by atoms with Crippen LogP contribution in [-0.4, -0.2) is 12.6 Å². The molecular weight excluding hydrogens is 199 g/mol. The third kappa shape index (κ3) is 5.58. The van der Waals surface area contributed by atoms with E-state index in [2.05, 4.69) is 25.2 Å². The summed E-state index contributed by atoms with van der Waals surface area (Å²) in [7, 11) is 0. The Bertz CT molecular complexity index is 99.4. The third-order valence-electron chi connectivity index (χ3n) is 1.24. The van der Waals surface area contributed by atoms with Crippen LogP contribution in [0.15, 0.2) is 11.6 Å². The van der Waals surface area contributed by atoms with Crippen LogP contribution in [0, 0.1) is 0 Å². The average molecular weight is 216 g/mol. The van der Waals surface area contributed by atoms with E-state index in [9.17, 15) is 0 Å². The Morgan fingerprint density at radius 1 is 1.50 bits per heavy atom. The second-order valence-corrected chi connectivity index (χ2v) is 2.18. The van der Waals surface area contributed by atoms with Crippen molar-refractivity contribution >= 4 is 0 Å². The molecule has 0 aromatic heterocycles. The van der Waals surface area contributed by atoms with Crippen LogP contribution in [0.3, 0.4) is 0 Å². The summed E-state index contributed by atoms with van der Waals surface area (Å²) in [6.07, 6.45) is 2.25. The van der Waals surface area contributed by atoms with Crippen LogP contribution in [0.4, 0.5) is 0 Å². The van der Waals surface area contributed by atoms with Gasteiger partial charge in [0, 0.05) is 45.3 Å². The zero-order chi connectivity index (χ0) is 7.28. The molecule has 0 saturated carbocycles. The van der Waals surface area contributed by atoms with Gasteiger partial charge in [-0.3, -0.25) is 0 Å². The predicted molar refractivity (Wildman–Crippen MR) is 42.6 cm³/mol.